The van der Waals surface area contributed by atoms with Crippen molar-refractivity contribution < 1.29 is 22.7 Å². The molecule has 2 aromatic rings. The summed E-state index contributed by atoms with van der Waals surface area (Å²) in [5.41, 5.74) is 5.37. The first-order valence-electron chi connectivity index (χ1n) is 6.62. The molecule has 2 atom stereocenters. The zero-order chi connectivity index (χ0) is 16.3. The lowest BCUT2D eigenvalue weighted by atomic mass is 9.95. The van der Waals surface area contributed by atoms with Crippen LogP contribution in [0.25, 0.3) is 0 Å². The minimum absolute atomic E-state index is 0.0873. The molecular formula is C16H15F4NO. The molecule has 0 heterocycles. The van der Waals surface area contributed by atoms with E-state index in [4.69, 9.17) is 5.73 Å². The van der Waals surface area contributed by atoms with Crippen molar-refractivity contribution in [3.63, 3.8) is 0 Å². The highest BCUT2D eigenvalue weighted by Crippen LogP contribution is 2.32. The Morgan fingerprint density at radius 3 is 2.27 bits per heavy atom. The zero-order valence-corrected chi connectivity index (χ0v) is 11.5. The summed E-state index contributed by atoms with van der Waals surface area (Å²) in [5, 5.41) is 10.1. The standard InChI is InChI=1S/C16H15F4NO/c17-13-8-11(7-12(9-13)16(18,19)20)15(21)14(22)6-10-4-2-1-3-5-10/h1-5,7-9,14-15,22H,6,21H2/t14-,15+/m1/s1. The molecule has 0 amide bonds. The van der Waals surface area contributed by atoms with E-state index in [9.17, 15) is 22.7 Å². The van der Waals surface area contributed by atoms with Crippen LogP contribution < -0.4 is 5.73 Å². The number of hydrogen-bond donors (Lipinski definition) is 2. The number of benzene rings is 2. The van der Waals surface area contributed by atoms with Crippen LogP contribution in [0.2, 0.25) is 0 Å². The molecule has 2 nitrogen and oxygen atoms in total. The van der Waals surface area contributed by atoms with Gasteiger partial charge in [0, 0.05) is 6.42 Å². The normalized spacial score (nSPS) is 14.6. The molecule has 118 valence electrons. The number of alkyl halides is 3. The third kappa shape index (κ3) is 4.05. The Morgan fingerprint density at radius 1 is 1.05 bits per heavy atom. The van der Waals surface area contributed by atoms with Crippen molar-refractivity contribution in [3.05, 3.63) is 71.0 Å². The topological polar surface area (TPSA) is 46.2 Å². The summed E-state index contributed by atoms with van der Waals surface area (Å²) in [4.78, 5) is 0. The van der Waals surface area contributed by atoms with E-state index in [1.807, 2.05) is 0 Å². The molecule has 0 radical (unpaired) electrons. The molecule has 2 aromatic carbocycles. The monoisotopic (exact) mass is 313 g/mol. The van der Waals surface area contributed by atoms with Gasteiger partial charge in [0.15, 0.2) is 0 Å². The van der Waals surface area contributed by atoms with E-state index in [2.05, 4.69) is 0 Å². The molecule has 0 spiro atoms. The molecule has 22 heavy (non-hydrogen) atoms. The average Bonchev–Trinajstić information content (AvgIpc) is 2.46. The summed E-state index contributed by atoms with van der Waals surface area (Å²) < 4.78 is 51.4. The summed E-state index contributed by atoms with van der Waals surface area (Å²) in [6.45, 7) is 0. The van der Waals surface area contributed by atoms with Crippen molar-refractivity contribution in [2.45, 2.75) is 24.7 Å². The summed E-state index contributed by atoms with van der Waals surface area (Å²) in [6.07, 6.45) is -5.62. The molecule has 6 heteroatoms. The third-order valence-corrected chi connectivity index (χ3v) is 3.33. The zero-order valence-electron chi connectivity index (χ0n) is 11.5. The Kier molecular flexibility index (Phi) is 4.83. The fourth-order valence-electron chi connectivity index (χ4n) is 2.17. The molecular weight excluding hydrogens is 298 g/mol. The quantitative estimate of drug-likeness (QED) is 0.849. The Labute approximate surface area is 125 Å². The minimum atomic E-state index is -4.67. The van der Waals surface area contributed by atoms with Crippen LogP contribution in [0.5, 0.6) is 0 Å². The fourth-order valence-corrected chi connectivity index (χ4v) is 2.17. The second kappa shape index (κ2) is 6.46. The lowest BCUT2D eigenvalue weighted by Crippen LogP contribution is -2.28. The first-order valence-corrected chi connectivity index (χ1v) is 6.62. The van der Waals surface area contributed by atoms with Crippen LogP contribution >= 0.6 is 0 Å². The molecule has 3 N–H and O–H groups in total. The van der Waals surface area contributed by atoms with E-state index in [1.165, 1.54) is 0 Å². The van der Waals surface area contributed by atoms with Gasteiger partial charge in [-0.05, 0) is 29.3 Å². The van der Waals surface area contributed by atoms with Gasteiger partial charge in [0.1, 0.15) is 5.82 Å². The van der Waals surface area contributed by atoms with Gasteiger partial charge in [-0.15, -0.1) is 0 Å². The molecule has 0 saturated carbocycles. The van der Waals surface area contributed by atoms with Gasteiger partial charge in [-0.1, -0.05) is 30.3 Å². The first kappa shape index (κ1) is 16.5. The lowest BCUT2D eigenvalue weighted by Gasteiger charge is -2.20. The highest BCUT2D eigenvalue weighted by molar-refractivity contribution is 5.30. The fraction of sp³-hybridized carbons (Fsp3) is 0.250. The van der Waals surface area contributed by atoms with Crippen molar-refractivity contribution in [2.24, 2.45) is 5.73 Å². The number of aliphatic hydroxyl groups is 1. The van der Waals surface area contributed by atoms with Crippen molar-refractivity contribution in [1.29, 1.82) is 0 Å². The minimum Gasteiger partial charge on any atom is -0.391 e. The van der Waals surface area contributed by atoms with E-state index in [-0.39, 0.29) is 12.0 Å². The highest BCUT2D eigenvalue weighted by Gasteiger charge is 2.32. The Bertz CT molecular complexity index is 628. The van der Waals surface area contributed by atoms with Gasteiger partial charge < -0.3 is 10.8 Å². The molecule has 0 bridgehead atoms. The predicted octanol–water partition coefficient (Wildman–Crippen LogP) is 3.45. The van der Waals surface area contributed by atoms with Crippen molar-refractivity contribution >= 4 is 0 Å². The molecule has 0 fully saturated rings. The average molecular weight is 313 g/mol. The second-order valence-corrected chi connectivity index (χ2v) is 5.05. The maximum absolute atomic E-state index is 13.4. The molecule has 0 aromatic heterocycles. The van der Waals surface area contributed by atoms with Gasteiger partial charge in [-0.3, -0.25) is 0 Å². The molecule has 2 rings (SSSR count). The maximum Gasteiger partial charge on any atom is 0.416 e. The largest absolute Gasteiger partial charge is 0.416 e. The predicted molar refractivity (Wildman–Crippen MR) is 74.5 cm³/mol. The van der Waals surface area contributed by atoms with Gasteiger partial charge in [0.25, 0.3) is 0 Å². The van der Waals surface area contributed by atoms with Gasteiger partial charge in [-0.2, -0.15) is 13.2 Å². The van der Waals surface area contributed by atoms with Gasteiger partial charge in [0.05, 0.1) is 17.7 Å². The van der Waals surface area contributed by atoms with Crippen LogP contribution in [-0.4, -0.2) is 11.2 Å². The number of rotatable bonds is 4. The maximum atomic E-state index is 13.4. The summed E-state index contributed by atoms with van der Waals surface area (Å²) in [7, 11) is 0. The summed E-state index contributed by atoms with van der Waals surface area (Å²) in [5.74, 6) is -1.04. The summed E-state index contributed by atoms with van der Waals surface area (Å²) >= 11 is 0. The van der Waals surface area contributed by atoms with E-state index in [1.54, 1.807) is 30.3 Å². The van der Waals surface area contributed by atoms with Crippen molar-refractivity contribution in [1.82, 2.24) is 0 Å². The lowest BCUT2D eigenvalue weighted by molar-refractivity contribution is -0.137. The summed E-state index contributed by atoms with van der Waals surface area (Å²) in [6, 6.07) is 9.85. The number of halogens is 4. The van der Waals surface area contributed by atoms with Gasteiger partial charge in [0.2, 0.25) is 0 Å². The first-order chi connectivity index (χ1) is 10.3. The van der Waals surface area contributed by atoms with Gasteiger partial charge >= 0.3 is 6.18 Å². The highest BCUT2D eigenvalue weighted by atomic mass is 19.4. The molecule has 0 unspecified atom stereocenters. The van der Waals surface area contributed by atoms with E-state index < -0.39 is 29.7 Å². The van der Waals surface area contributed by atoms with Crippen LogP contribution in [0, 0.1) is 5.82 Å². The van der Waals surface area contributed by atoms with Crippen LogP contribution in [0.3, 0.4) is 0 Å². The Balaban J connectivity index is 2.21. The van der Waals surface area contributed by atoms with Crippen molar-refractivity contribution in [2.75, 3.05) is 0 Å². The molecule has 0 aliphatic carbocycles. The van der Waals surface area contributed by atoms with E-state index in [0.29, 0.717) is 6.07 Å². The van der Waals surface area contributed by atoms with Crippen LogP contribution in [0.15, 0.2) is 48.5 Å². The smallest absolute Gasteiger partial charge is 0.391 e. The molecule has 0 aliphatic heterocycles. The Morgan fingerprint density at radius 2 is 1.68 bits per heavy atom. The van der Waals surface area contributed by atoms with Crippen LogP contribution in [0.4, 0.5) is 17.6 Å². The van der Waals surface area contributed by atoms with E-state index in [0.717, 1.165) is 17.7 Å². The number of nitrogens with two attached hydrogens (primary N) is 1. The van der Waals surface area contributed by atoms with E-state index >= 15 is 0 Å². The van der Waals surface area contributed by atoms with Crippen LogP contribution in [0.1, 0.15) is 22.7 Å². The SMILES string of the molecule is N[C@@H](c1cc(F)cc(C(F)(F)F)c1)[C@H](O)Cc1ccccc1. The second-order valence-electron chi connectivity index (χ2n) is 5.05. The molecule has 0 saturated heterocycles. The molecule has 0 aliphatic rings. The van der Waals surface area contributed by atoms with Crippen LogP contribution in [-0.2, 0) is 12.6 Å². The van der Waals surface area contributed by atoms with Crippen molar-refractivity contribution in [3.8, 4) is 0 Å². The number of aliphatic hydroxyl groups excluding tert-OH is 1. The number of hydrogen-bond acceptors (Lipinski definition) is 2. The van der Waals surface area contributed by atoms with Gasteiger partial charge in [-0.25, -0.2) is 4.39 Å². The Hall–Kier alpha value is -1.92. The third-order valence-electron chi connectivity index (χ3n) is 3.33.